The van der Waals surface area contributed by atoms with Gasteiger partial charge in [-0.05, 0) is 59.9 Å². The fourth-order valence-electron chi connectivity index (χ4n) is 4.27. The van der Waals surface area contributed by atoms with E-state index >= 15 is 0 Å². The number of alkyl halides is 3. The van der Waals surface area contributed by atoms with E-state index in [0.29, 0.717) is 10.4 Å². The van der Waals surface area contributed by atoms with E-state index in [1.807, 2.05) is 0 Å². The summed E-state index contributed by atoms with van der Waals surface area (Å²) in [7, 11) is 0. The van der Waals surface area contributed by atoms with Gasteiger partial charge in [0.05, 0.1) is 29.0 Å². The second-order valence-electron chi connectivity index (χ2n) is 8.76. The number of aliphatic carboxylic acids is 1. The summed E-state index contributed by atoms with van der Waals surface area (Å²) in [6.45, 7) is 1.00. The van der Waals surface area contributed by atoms with Crippen LogP contribution in [0.2, 0.25) is 5.02 Å². The van der Waals surface area contributed by atoms with Gasteiger partial charge in [-0.3, -0.25) is 9.59 Å². The third-order valence-electron chi connectivity index (χ3n) is 6.31. The molecule has 3 atom stereocenters. The van der Waals surface area contributed by atoms with Gasteiger partial charge < -0.3 is 10.4 Å². The number of carboxylic acids is 1. The van der Waals surface area contributed by atoms with Gasteiger partial charge in [0.25, 0.3) is 0 Å². The Morgan fingerprint density at radius 1 is 1.18 bits per heavy atom. The predicted molar refractivity (Wildman–Crippen MR) is 128 cm³/mol. The summed E-state index contributed by atoms with van der Waals surface area (Å²) >= 11 is 7.44. The van der Waals surface area contributed by atoms with Crippen LogP contribution in [-0.2, 0) is 9.59 Å². The Morgan fingerprint density at radius 3 is 2.50 bits per heavy atom. The van der Waals surface area contributed by atoms with Crippen molar-refractivity contribution in [2.75, 3.05) is 5.32 Å². The number of carbonyl (C=O) groups excluding carboxylic acids is 1. The van der Waals surface area contributed by atoms with E-state index in [0.717, 1.165) is 41.2 Å². The molecular weight excluding hydrogens is 487 g/mol. The Labute approximate surface area is 203 Å². The van der Waals surface area contributed by atoms with Crippen molar-refractivity contribution in [3.8, 4) is 0 Å². The van der Waals surface area contributed by atoms with Gasteiger partial charge in [0.1, 0.15) is 0 Å². The molecule has 2 N–H and O–H groups in total. The van der Waals surface area contributed by atoms with Gasteiger partial charge in [-0.15, -0.1) is 11.3 Å². The zero-order valence-corrected chi connectivity index (χ0v) is 19.8. The van der Waals surface area contributed by atoms with E-state index < -0.39 is 29.9 Å². The Morgan fingerprint density at radius 2 is 1.88 bits per heavy atom. The van der Waals surface area contributed by atoms with Crippen LogP contribution < -0.4 is 5.32 Å². The van der Waals surface area contributed by atoms with Gasteiger partial charge in [0.2, 0.25) is 5.91 Å². The van der Waals surface area contributed by atoms with E-state index in [-0.39, 0.29) is 29.0 Å². The normalized spacial score (nSPS) is 16.7. The molecule has 2 aromatic carbocycles. The molecular formula is C25H23ClF3NO3S. The highest BCUT2D eigenvalue weighted by molar-refractivity contribution is 7.19. The first-order chi connectivity index (χ1) is 16.0. The molecule has 0 radical (unpaired) electrons. The number of hydrogen-bond donors (Lipinski definition) is 2. The lowest BCUT2D eigenvalue weighted by Crippen LogP contribution is -2.34. The summed E-state index contributed by atoms with van der Waals surface area (Å²) in [5.41, 5.74) is 0.882. The Hall–Kier alpha value is -2.58. The predicted octanol–water partition coefficient (Wildman–Crippen LogP) is 7.44. The molecule has 34 heavy (non-hydrogen) atoms. The number of fused-ring (bicyclic) bond motifs is 1. The molecule has 1 aliphatic rings. The molecule has 1 unspecified atom stereocenters. The minimum Gasteiger partial charge on any atom is -0.481 e. The largest absolute Gasteiger partial charge is 0.481 e. The quantitative estimate of drug-likeness (QED) is 0.331. The Balaban J connectivity index is 1.66. The molecule has 0 bridgehead atoms. The first kappa shape index (κ1) is 24.5. The van der Waals surface area contributed by atoms with Crippen LogP contribution in [0.3, 0.4) is 0 Å². The number of halogens is 4. The molecule has 1 aliphatic carbocycles. The molecule has 1 heterocycles. The average Bonchev–Trinajstić information content (AvgIpc) is 3.51. The lowest BCUT2D eigenvalue weighted by Gasteiger charge is -2.25. The van der Waals surface area contributed by atoms with E-state index in [1.165, 1.54) is 0 Å². The minimum absolute atomic E-state index is 0.0603. The number of benzene rings is 2. The number of amides is 1. The van der Waals surface area contributed by atoms with Gasteiger partial charge in [-0.25, -0.2) is 0 Å². The lowest BCUT2D eigenvalue weighted by molar-refractivity contribution is -0.177. The Kier molecular flexibility index (Phi) is 6.92. The summed E-state index contributed by atoms with van der Waals surface area (Å²) in [6, 6.07) is 13.7. The maximum absolute atomic E-state index is 13.7. The summed E-state index contributed by atoms with van der Waals surface area (Å²) in [5, 5.41) is 12.8. The van der Waals surface area contributed by atoms with Crippen molar-refractivity contribution in [1.29, 1.82) is 0 Å². The maximum atomic E-state index is 13.7. The van der Waals surface area contributed by atoms with Crippen molar-refractivity contribution < 1.29 is 27.9 Å². The zero-order chi connectivity index (χ0) is 24.6. The van der Waals surface area contributed by atoms with Crippen molar-refractivity contribution in [1.82, 2.24) is 0 Å². The number of anilines is 1. The highest BCUT2D eigenvalue weighted by Crippen LogP contribution is 2.46. The number of carbonyl (C=O) groups is 2. The molecule has 0 spiro atoms. The van der Waals surface area contributed by atoms with E-state index in [9.17, 15) is 27.9 Å². The van der Waals surface area contributed by atoms with Crippen LogP contribution in [0.1, 0.15) is 48.5 Å². The maximum Gasteiger partial charge on any atom is 0.392 e. The fourth-order valence-corrected chi connectivity index (χ4v) is 5.70. The van der Waals surface area contributed by atoms with E-state index in [1.54, 1.807) is 48.5 Å². The van der Waals surface area contributed by atoms with Gasteiger partial charge in [0, 0.05) is 9.58 Å². The molecule has 0 saturated heterocycles. The van der Waals surface area contributed by atoms with Gasteiger partial charge >= 0.3 is 12.1 Å². The smallest absolute Gasteiger partial charge is 0.392 e. The second kappa shape index (κ2) is 9.58. The third kappa shape index (κ3) is 5.39. The van der Waals surface area contributed by atoms with Crippen molar-refractivity contribution in [2.24, 2.45) is 11.8 Å². The van der Waals surface area contributed by atoms with Crippen LogP contribution in [0.5, 0.6) is 0 Å². The number of hydrogen-bond acceptors (Lipinski definition) is 3. The van der Waals surface area contributed by atoms with E-state index in [4.69, 9.17) is 11.6 Å². The van der Waals surface area contributed by atoms with Crippen LogP contribution in [0.25, 0.3) is 10.1 Å². The van der Waals surface area contributed by atoms with E-state index in [2.05, 4.69) is 5.32 Å². The van der Waals surface area contributed by atoms with Crippen molar-refractivity contribution in [2.45, 2.75) is 44.2 Å². The van der Waals surface area contributed by atoms with Gasteiger partial charge in [-0.2, -0.15) is 13.2 Å². The minimum atomic E-state index is -4.58. The van der Waals surface area contributed by atoms with Crippen molar-refractivity contribution >= 4 is 50.6 Å². The topological polar surface area (TPSA) is 66.4 Å². The van der Waals surface area contributed by atoms with Gasteiger partial charge in [-0.1, -0.05) is 42.8 Å². The number of nitrogens with one attached hydrogen (secondary N) is 1. The SMILES string of the molecule is C[C@H](C(C(=O)Nc1cc([C@@H](CC(=O)O)C2CC2)ccc1Cl)c1cc2ccccc2s1)C(F)(F)F. The molecule has 1 fully saturated rings. The van der Waals surface area contributed by atoms with Crippen molar-refractivity contribution in [3.05, 3.63) is 64.0 Å². The molecule has 4 nitrogen and oxygen atoms in total. The average molecular weight is 510 g/mol. The summed E-state index contributed by atoms with van der Waals surface area (Å²) < 4.78 is 42.0. The first-order valence-corrected chi connectivity index (χ1v) is 12.1. The monoisotopic (exact) mass is 509 g/mol. The summed E-state index contributed by atoms with van der Waals surface area (Å²) in [5.74, 6) is -5.13. The molecule has 9 heteroatoms. The van der Waals surface area contributed by atoms with Crippen LogP contribution in [0.4, 0.5) is 18.9 Å². The number of rotatable bonds is 8. The lowest BCUT2D eigenvalue weighted by atomic mass is 9.89. The molecule has 1 saturated carbocycles. The third-order valence-corrected chi connectivity index (χ3v) is 7.84. The van der Waals surface area contributed by atoms with Crippen LogP contribution >= 0.6 is 22.9 Å². The van der Waals surface area contributed by atoms with Crippen LogP contribution in [-0.4, -0.2) is 23.2 Å². The van der Waals surface area contributed by atoms with Crippen LogP contribution in [0, 0.1) is 11.8 Å². The summed E-state index contributed by atoms with van der Waals surface area (Å²) in [4.78, 5) is 24.9. The number of thiophene rings is 1. The zero-order valence-electron chi connectivity index (χ0n) is 18.2. The number of carboxylic acid groups (broad SMARTS) is 1. The molecule has 4 rings (SSSR count). The first-order valence-electron chi connectivity index (χ1n) is 10.9. The van der Waals surface area contributed by atoms with Crippen LogP contribution in [0.15, 0.2) is 48.5 Å². The summed E-state index contributed by atoms with van der Waals surface area (Å²) in [6.07, 6.45) is -2.81. The molecule has 1 aromatic heterocycles. The highest BCUT2D eigenvalue weighted by atomic mass is 35.5. The van der Waals surface area contributed by atoms with Gasteiger partial charge in [0.15, 0.2) is 0 Å². The molecule has 3 aromatic rings. The van der Waals surface area contributed by atoms with Crippen molar-refractivity contribution in [3.63, 3.8) is 0 Å². The fraction of sp³-hybridized carbons (Fsp3) is 0.360. The highest BCUT2D eigenvalue weighted by Gasteiger charge is 2.45. The molecule has 180 valence electrons. The molecule has 1 amide bonds. The standard InChI is InChI=1S/C25H23ClF3NO3S/c1-13(25(27,28)29)23(21-11-16-4-2-3-5-20(16)34-21)24(33)30-19-10-15(8-9-18(19)26)17(12-22(31)32)14-6-7-14/h2-5,8-11,13-14,17,23H,6-7,12H2,1H3,(H,30,33)(H,31,32)/t13-,17+,23?/m1/s1. The molecule has 0 aliphatic heterocycles. The second-order valence-corrected chi connectivity index (χ2v) is 10.3. The Bertz CT molecular complexity index is 1190.